The fraction of sp³-hybridized carbons (Fsp3) is 0.533. The van der Waals surface area contributed by atoms with Gasteiger partial charge in [-0.25, -0.2) is 0 Å². The predicted octanol–water partition coefficient (Wildman–Crippen LogP) is 1.34. The van der Waals surface area contributed by atoms with Gasteiger partial charge in [0.1, 0.15) is 5.75 Å². The minimum absolute atomic E-state index is 0.150. The van der Waals surface area contributed by atoms with E-state index in [1.54, 1.807) is 7.11 Å². The molecule has 1 amide bonds. The van der Waals surface area contributed by atoms with Crippen LogP contribution in [0, 0.1) is 0 Å². The molecule has 0 spiro atoms. The fourth-order valence-electron chi connectivity index (χ4n) is 2.55. The van der Waals surface area contributed by atoms with Crippen LogP contribution in [0.5, 0.6) is 5.75 Å². The predicted molar refractivity (Wildman–Crippen MR) is 83.5 cm³/mol. The largest absolute Gasteiger partial charge is 0.496 e. The third-order valence-electron chi connectivity index (χ3n) is 3.72. The number of nitrogens with two attached hydrogens (primary N) is 1. The molecule has 0 radical (unpaired) electrons. The van der Waals surface area contributed by atoms with E-state index in [4.69, 9.17) is 22.1 Å². The molecule has 1 aromatic carbocycles. The number of nitrogens with zero attached hydrogens (tertiary/aromatic N) is 2. The molecule has 2 N–H and O–H groups in total. The first kappa shape index (κ1) is 16.1. The molecule has 5 nitrogen and oxygen atoms in total. The Morgan fingerprint density at radius 2 is 2.05 bits per heavy atom. The summed E-state index contributed by atoms with van der Waals surface area (Å²) in [6.45, 7) is 4.41. The Balaban J connectivity index is 1.92. The number of hydrogen-bond donors (Lipinski definition) is 1. The van der Waals surface area contributed by atoms with Gasteiger partial charge in [0.25, 0.3) is 0 Å². The first-order valence-corrected chi connectivity index (χ1v) is 7.54. The topological polar surface area (TPSA) is 58.8 Å². The van der Waals surface area contributed by atoms with Gasteiger partial charge in [0.05, 0.1) is 7.11 Å². The molecule has 1 saturated heterocycles. The quantitative estimate of drug-likeness (QED) is 0.891. The van der Waals surface area contributed by atoms with E-state index in [0.717, 1.165) is 44.0 Å². The Morgan fingerprint density at radius 3 is 2.67 bits per heavy atom. The molecule has 21 heavy (non-hydrogen) atoms. The average Bonchev–Trinajstić information content (AvgIpc) is 2.48. The van der Waals surface area contributed by atoms with E-state index >= 15 is 0 Å². The number of methoxy groups -OCH3 is 1. The van der Waals surface area contributed by atoms with E-state index in [1.807, 2.05) is 23.1 Å². The molecule has 1 aliphatic heterocycles. The average molecular weight is 312 g/mol. The summed E-state index contributed by atoms with van der Waals surface area (Å²) in [5.74, 6) is 0.999. The van der Waals surface area contributed by atoms with Crippen LogP contribution in [0.15, 0.2) is 18.2 Å². The molecule has 6 heteroatoms. The molecule has 0 saturated carbocycles. The summed E-state index contributed by atoms with van der Waals surface area (Å²) in [4.78, 5) is 16.0. The minimum atomic E-state index is 0.150. The number of benzene rings is 1. The van der Waals surface area contributed by atoms with Crippen LogP contribution in [-0.2, 0) is 11.3 Å². The zero-order valence-corrected chi connectivity index (χ0v) is 13.1. The molecule has 0 unspecified atom stereocenters. The van der Waals surface area contributed by atoms with Gasteiger partial charge >= 0.3 is 0 Å². The van der Waals surface area contributed by atoms with Crippen molar-refractivity contribution in [1.82, 2.24) is 9.80 Å². The van der Waals surface area contributed by atoms with E-state index in [9.17, 15) is 4.79 Å². The van der Waals surface area contributed by atoms with E-state index in [2.05, 4.69) is 4.90 Å². The third-order valence-corrected chi connectivity index (χ3v) is 3.95. The molecule has 116 valence electrons. The van der Waals surface area contributed by atoms with Crippen molar-refractivity contribution >= 4 is 17.5 Å². The summed E-state index contributed by atoms with van der Waals surface area (Å²) < 4.78 is 5.37. The van der Waals surface area contributed by atoms with E-state index in [-0.39, 0.29) is 5.91 Å². The summed E-state index contributed by atoms with van der Waals surface area (Å²) in [5.41, 5.74) is 6.50. The van der Waals surface area contributed by atoms with Gasteiger partial charge in [0, 0.05) is 56.3 Å². The maximum absolute atomic E-state index is 11.8. The first-order chi connectivity index (χ1) is 10.1. The van der Waals surface area contributed by atoms with Crippen molar-refractivity contribution in [3.8, 4) is 5.75 Å². The molecule has 0 aromatic heterocycles. The van der Waals surface area contributed by atoms with Crippen molar-refractivity contribution in [1.29, 1.82) is 0 Å². The van der Waals surface area contributed by atoms with Crippen molar-refractivity contribution in [3.63, 3.8) is 0 Å². The zero-order valence-electron chi connectivity index (χ0n) is 12.3. The number of carbonyl (C=O) groups is 1. The van der Waals surface area contributed by atoms with Gasteiger partial charge in [-0.05, 0) is 18.2 Å². The summed E-state index contributed by atoms with van der Waals surface area (Å²) in [5, 5.41) is 0.711. The van der Waals surface area contributed by atoms with Crippen LogP contribution in [-0.4, -0.2) is 55.5 Å². The van der Waals surface area contributed by atoms with Crippen molar-refractivity contribution < 1.29 is 9.53 Å². The van der Waals surface area contributed by atoms with Crippen LogP contribution in [0.2, 0.25) is 5.02 Å². The van der Waals surface area contributed by atoms with E-state index in [0.29, 0.717) is 18.0 Å². The van der Waals surface area contributed by atoms with Crippen molar-refractivity contribution in [2.45, 2.75) is 13.0 Å². The standard InChI is InChI=1S/C15H22ClN3O2/c1-21-14-3-2-13(16)10-12(14)11-18-6-8-19(9-7-18)15(20)4-5-17/h2-3,10H,4-9,11,17H2,1H3. The maximum Gasteiger partial charge on any atom is 0.223 e. The van der Waals surface area contributed by atoms with Gasteiger partial charge in [-0.15, -0.1) is 0 Å². The number of amides is 1. The SMILES string of the molecule is COc1ccc(Cl)cc1CN1CCN(C(=O)CCN)CC1. The van der Waals surface area contributed by atoms with Crippen LogP contribution in [0.25, 0.3) is 0 Å². The molecular weight excluding hydrogens is 290 g/mol. The molecule has 0 aliphatic carbocycles. The van der Waals surface area contributed by atoms with Gasteiger partial charge < -0.3 is 15.4 Å². The van der Waals surface area contributed by atoms with E-state index in [1.165, 1.54) is 0 Å². The first-order valence-electron chi connectivity index (χ1n) is 7.16. The van der Waals surface area contributed by atoms with Crippen molar-refractivity contribution in [3.05, 3.63) is 28.8 Å². The van der Waals surface area contributed by atoms with Gasteiger partial charge in [-0.2, -0.15) is 0 Å². The van der Waals surface area contributed by atoms with Gasteiger partial charge in [0.15, 0.2) is 0 Å². The lowest BCUT2D eigenvalue weighted by atomic mass is 10.1. The van der Waals surface area contributed by atoms with Gasteiger partial charge in [-0.1, -0.05) is 11.6 Å². The number of hydrogen-bond acceptors (Lipinski definition) is 4. The highest BCUT2D eigenvalue weighted by Crippen LogP contribution is 2.24. The highest BCUT2D eigenvalue weighted by molar-refractivity contribution is 6.30. The normalized spacial score (nSPS) is 16.0. The second kappa shape index (κ2) is 7.64. The molecule has 1 aromatic rings. The Morgan fingerprint density at radius 1 is 1.33 bits per heavy atom. The minimum Gasteiger partial charge on any atom is -0.496 e. The Bertz CT molecular complexity index is 488. The third kappa shape index (κ3) is 4.33. The smallest absolute Gasteiger partial charge is 0.223 e. The summed E-state index contributed by atoms with van der Waals surface area (Å²) in [6, 6.07) is 5.65. The van der Waals surface area contributed by atoms with Crippen LogP contribution >= 0.6 is 11.6 Å². The maximum atomic E-state index is 11.8. The number of rotatable bonds is 5. The van der Waals surface area contributed by atoms with Crippen LogP contribution in [0.1, 0.15) is 12.0 Å². The van der Waals surface area contributed by atoms with Crippen LogP contribution < -0.4 is 10.5 Å². The van der Waals surface area contributed by atoms with Gasteiger partial charge in [-0.3, -0.25) is 9.69 Å². The highest BCUT2D eigenvalue weighted by Gasteiger charge is 2.21. The van der Waals surface area contributed by atoms with Crippen molar-refractivity contribution in [2.75, 3.05) is 39.8 Å². The Labute approximate surface area is 130 Å². The lowest BCUT2D eigenvalue weighted by molar-refractivity contribution is -0.132. The lowest BCUT2D eigenvalue weighted by Gasteiger charge is -2.35. The molecule has 1 fully saturated rings. The number of halogens is 1. The zero-order chi connectivity index (χ0) is 15.2. The molecule has 2 rings (SSSR count). The van der Waals surface area contributed by atoms with Crippen LogP contribution in [0.3, 0.4) is 0 Å². The fourth-order valence-corrected chi connectivity index (χ4v) is 2.74. The lowest BCUT2D eigenvalue weighted by Crippen LogP contribution is -2.48. The molecule has 0 bridgehead atoms. The van der Waals surface area contributed by atoms with Crippen LogP contribution in [0.4, 0.5) is 0 Å². The summed E-state index contributed by atoms with van der Waals surface area (Å²) in [6.07, 6.45) is 0.433. The molecule has 1 aliphatic rings. The number of ether oxygens (including phenoxy) is 1. The Kier molecular flexibility index (Phi) is 5.85. The summed E-state index contributed by atoms with van der Waals surface area (Å²) >= 11 is 6.05. The van der Waals surface area contributed by atoms with Crippen molar-refractivity contribution in [2.24, 2.45) is 5.73 Å². The van der Waals surface area contributed by atoms with Gasteiger partial charge in [0.2, 0.25) is 5.91 Å². The molecule has 0 atom stereocenters. The monoisotopic (exact) mass is 311 g/mol. The number of piperazine rings is 1. The molecule has 1 heterocycles. The second-order valence-electron chi connectivity index (χ2n) is 5.15. The molecular formula is C15H22ClN3O2. The second-order valence-corrected chi connectivity index (χ2v) is 5.59. The van der Waals surface area contributed by atoms with E-state index < -0.39 is 0 Å². The highest BCUT2D eigenvalue weighted by atomic mass is 35.5. The summed E-state index contributed by atoms with van der Waals surface area (Å²) in [7, 11) is 1.66. The number of carbonyl (C=O) groups excluding carboxylic acids is 1. The Hall–Kier alpha value is -1.30.